The Bertz CT molecular complexity index is 723. The number of rotatable bonds is 10. The van der Waals surface area contributed by atoms with Gasteiger partial charge in [-0.3, -0.25) is 9.67 Å². The van der Waals surface area contributed by atoms with E-state index in [9.17, 15) is 0 Å². The number of aromatic nitrogens is 2. The Labute approximate surface area is 168 Å². The summed E-state index contributed by atoms with van der Waals surface area (Å²) in [4.78, 5) is 6.52. The van der Waals surface area contributed by atoms with E-state index >= 15 is 0 Å². The van der Waals surface area contributed by atoms with Crippen LogP contribution in [0.4, 0.5) is 0 Å². The van der Waals surface area contributed by atoms with Crippen LogP contribution in [-0.4, -0.2) is 62.0 Å². The molecule has 1 aromatic heterocycles. The summed E-state index contributed by atoms with van der Waals surface area (Å²) in [6.45, 7) is 1.67. The van der Waals surface area contributed by atoms with Crippen molar-refractivity contribution in [2.24, 2.45) is 12.0 Å². The maximum atomic E-state index is 5.20. The van der Waals surface area contributed by atoms with Crippen LogP contribution >= 0.6 is 0 Å². The number of ether oxygens (including phenoxy) is 1. The van der Waals surface area contributed by atoms with Gasteiger partial charge in [-0.25, -0.2) is 0 Å². The van der Waals surface area contributed by atoms with Crippen LogP contribution in [0.5, 0.6) is 5.75 Å². The van der Waals surface area contributed by atoms with Gasteiger partial charge in [0.2, 0.25) is 0 Å². The fraction of sp³-hybridized carbons (Fsp3) is 0.524. The molecule has 1 atom stereocenters. The molecule has 2 rings (SSSR count). The van der Waals surface area contributed by atoms with Crippen molar-refractivity contribution in [3.8, 4) is 5.75 Å². The van der Waals surface area contributed by atoms with E-state index in [1.54, 1.807) is 14.2 Å². The lowest BCUT2D eigenvalue weighted by Crippen LogP contribution is -2.42. The molecule has 0 bridgehead atoms. The topological polar surface area (TPSA) is 66.7 Å². The normalized spacial score (nSPS) is 12.9. The van der Waals surface area contributed by atoms with E-state index < -0.39 is 0 Å². The third-order valence-electron chi connectivity index (χ3n) is 4.76. The zero-order chi connectivity index (χ0) is 20.4. The van der Waals surface area contributed by atoms with E-state index in [0.29, 0.717) is 0 Å². The van der Waals surface area contributed by atoms with E-state index in [2.05, 4.69) is 58.0 Å². The highest BCUT2D eigenvalue weighted by molar-refractivity contribution is 5.79. The molecule has 0 fully saturated rings. The molecule has 2 N–H and O–H groups in total. The van der Waals surface area contributed by atoms with Gasteiger partial charge in [-0.2, -0.15) is 5.10 Å². The predicted octanol–water partition coefficient (Wildman–Crippen LogP) is 2.22. The number of aliphatic imine (C=N–C) groups is 1. The van der Waals surface area contributed by atoms with Crippen molar-refractivity contribution in [1.82, 2.24) is 25.3 Å². The van der Waals surface area contributed by atoms with Crippen LogP contribution in [0.1, 0.15) is 30.0 Å². The first-order valence-corrected chi connectivity index (χ1v) is 9.76. The second kappa shape index (κ2) is 11.3. The van der Waals surface area contributed by atoms with Crippen LogP contribution in [0.3, 0.4) is 0 Å². The summed E-state index contributed by atoms with van der Waals surface area (Å²) in [5, 5.41) is 11.1. The average molecular weight is 387 g/mol. The van der Waals surface area contributed by atoms with E-state index in [1.165, 1.54) is 11.1 Å². The molecular weight excluding hydrogens is 352 g/mol. The fourth-order valence-corrected chi connectivity index (χ4v) is 3.08. The summed E-state index contributed by atoms with van der Waals surface area (Å²) >= 11 is 0. The molecule has 2 aromatic rings. The van der Waals surface area contributed by atoms with Crippen LogP contribution in [0.15, 0.2) is 41.7 Å². The van der Waals surface area contributed by atoms with Gasteiger partial charge in [0.05, 0.1) is 19.3 Å². The molecule has 0 spiro atoms. The molecular formula is C21H34N6O. The van der Waals surface area contributed by atoms with Crippen molar-refractivity contribution in [3.63, 3.8) is 0 Å². The number of likely N-dealkylation sites (N-methyl/N-ethyl adjacent to an activating group) is 1. The molecule has 7 nitrogen and oxygen atoms in total. The number of hydrogen-bond acceptors (Lipinski definition) is 4. The molecule has 7 heteroatoms. The minimum atomic E-state index is 0.238. The van der Waals surface area contributed by atoms with E-state index in [4.69, 9.17) is 4.74 Å². The van der Waals surface area contributed by atoms with Crippen molar-refractivity contribution in [1.29, 1.82) is 0 Å². The lowest BCUT2D eigenvalue weighted by molar-refractivity contribution is 0.298. The van der Waals surface area contributed by atoms with Gasteiger partial charge in [-0.15, -0.1) is 0 Å². The number of guanidine groups is 1. The molecule has 1 aromatic carbocycles. The Hall–Kier alpha value is -2.54. The number of nitrogens with one attached hydrogen (secondary N) is 2. The first kappa shape index (κ1) is 21.8. The second-order valence-corrected chi connectivity index (χ2v) is 7.11. The van der Waals surface area contributed by atoms with Gasteiger partial charge in [-0.1, -0.05) is 12.1 Å². The van der Waals surface area contributed by atoms with Gasteiger partial charge in [0, 0.05) is 38.9 Å². The number of methoxy groups -OCH3 is 1. The first-order chi connectivity index (χ1) is 13.5. The third-order valence-corrected chi connectivity index (χ3v) is 4.76. The molecule has 0 aliphatic carbocycles. The van der Waals surface area contributed by atoms with Crippen LogP contribution in [0.2, 0.25) is 0 Å². The average Bonchev–Trinajstić information content (AvgIpc) is 3.12. The van der Waals surface area contributed by atoms with Gasteiger partial charge >= 0.3 is 0 Å². The van der Waals surface area contributed by atoms with Gasteiger partial charge in [0.1, 0.15) is 5.75 Å². The smallest absolute Gasteiger partial charge is 0.191 e. The van der Waals surface area contributed by atoms with Crippen LogP contribution in [-0.2, 0) is 13.5 Å². The molecule has 0 amide bonds. The van der Waals surface area contributed by atoms with Crippen molar-refractivity contribution in [3.05, 3.63) is 47.8 Å². The van der Waals surface area contributed by atoms with Crippen molar-refractivity contribution in [2.75, 3.05) is 41.3 Å². The Morgan fingerprint density at radius 2 is 1.96 bits per heavy atom. The number of nitrogens with zero attached hydrogens (tertiary/aromatic N) is 4. The van der Waals surface area contributed by atoms with E-state index in [0.717, 1.165) is 44.1 Å². The Morgan fingerprint density at radius 3 is 2.54 bits per heavy atom. The summed E-state index contributed by atoms with van der Waals surface area (Å²) in [7, 11) is 9.60. The Morgan fingerprint density at radius 1 is 1.21 bits per heavy atom. The number of benzene rings is 1. The Balaban J connectivity index is 1.70. The maximum absolute atomic E-state index is 5.20. The summed E-state index contributed by atoms with van der Waals surface area (Å²) in [5.41, 5.74) is 2.53. The molecule has 0 saturated heterocycles. The van der Waals surface area contributed by atoms with Crippen LogP contribution < -0.4 is 15.4 Å². The third kappa shape index (κ3) is 6.88. The summed E-state index contributed by atoms with van der Waals surface area (Å²) in [5.74, 6) is 1.74. The number of unbranched alkanes of at least 4 members (excludes halogenated alkanes) is 1. The molecule has 0 radical (unpaired) electrons. The number of hydrogen-bond donors (Lipinski definition) is 2. The van der Waals surface area contributed by atoms with Gasteiger partial charge in [0.15, 0.2) is 5.96 Å². The lowest BCUT2D eigenvalue weighted by atomic mass is 10.1. The monoisotopic (exact) mass is 386 g/mol. The fourth-order valence-electron chi connectivity index (χ4n) is 3.08. The van der Waals surface area contributed by atoms with Gasteiger partial charge < -0.3 is 20.3 Å². The summed E-state index contributed by atoms with van der Waals surface area (Å²) in [6.07, 6.45) is 7.27. The van der Waals surface area contributed by atoms with Crippen molar-refractivity contribution >= 4 is 5.96 Å². The van der Waals surface area contributed by atoms with Crippen LogP contribution in [0, 0.1) is 0 Å². The van der Waals surface area contributed by atoms with Crippen molar-refractivity contribution < 1.29 is 4.74 Å². The van der Waals surface area contributed by atoms with E-state index in [1.807, 2.05) is 30.1 Å². The highest BCUT2D eigenvalue weighted by Gasteiger charge is 2.16. The SMILES string of the molecule is CN=C(NCCCCc1ccc(OC)cc1)NCC(c1cnn(C)c1)N(C)C. The first-order valence-electron chi connectivity index (χ1n) is 9.76. The standard InChI is InChI=1S/C21H34N6O/c1-22-21(24-15-20(26(2)3)18-14-25-27(4)16-18)23-13-7-6-8-17-9-11-19(28-5)12-10-17/h9-12,14,16,20H,6-8,13,15H2,1-5H3,(H2,22,23,24). The molecule has 1 heterocycles. The van der Waals surface area contributed by atoms with Gasteiger partial charge in [-0.05, 0) is 51.1 Å². The summed E-state index contributed by atoms with van der Waals surface area (Å²) < 4.78 is 7.03. The lowest BCUT2D eigenvalue weighted by Gasteiger charge is -2.24. The van der Waals surface area contributed by atoms with Crippen molar-refractivity contribution in [2.45, 2.75) is 25.3 Å². The molecule has 0 aliphatic rings. The summed E-state index contributed by atoms with van der Waals surface area (Å²) in [6, 6.07) is 8.53. The second-order valence-electron chi connectivity index (χ2n) is 7.11. The zero-order valence-corrected chi connectivity index (χ0v) is 17.8. The quantitative estimate of drug-likeness (QED) is 0.372. The zero-order valence-electron chi connectivity index (χ0n) is 17.8. The molecule has 0 saturated carbocycles. The van der Waals surface area contributed by atoms with E-state index in [-0.39, 0.29) is 6.04 Å². The highest BCUT2D eigenvalue weighted by Crippen LogP contribution is 2.16. The van der Waals surface area contributed by atoms with Gasteiger partial charge in [0.25, 0.3) is 0 Å². The molecule has 28 heavy (non-hydrogen) atoms. The molecule has 154 valence electrons. The molecule has 1 unspecified atom stereocenters. The number of aryl methyl sites for hydroxylation is 2. The minimum Gasteiger partial charge on any atom is -0.497 e. The minimum absolute atomic E-state index is 0.238. The highest BCUT2D eigenvalue weighted by atomic mass is 16.5. The predicted molar refractivity (Wildman–Crippen MR) is 115 cm³/mol. The largest absolute Gasteiger partial charge is 0.497 e. The van der Waals surface area contributed by atoms with Crippen LogP contribution in [0.25, 0.3) is 0 Å². The molecule has 0 aliphatic heterocycles. The maximum Gasteiger partial charge on any atom is 0.191 e. The Kier molecular flexibility index (Phi) is 8.81.